The second-order valence-electron chi connectivity index (χ2n) is 3.89. The first-order chi connectivity index (χ1) is 8.54. The third kappa shape index (κ3) is 2.50. The molecule has 1 aromatic carbocycles. The van der Waals surface area contributed by atoms with Crippen LogP contribution in [0.2, 0.25) is 0 Å². The molecule has 18 heavy (non-hydrogen) atoms. The molecule has 2 aromatic rings. The molecule has 0 fully saturated rings. The summed E-state index contributed by atoms with van der Waals surface area (Å²) in [5.74, 6) is -0.260. The second-order valence-corrected chi connectivity index (χ2v) is 5.60. The second kappa shape index (κ2) is 5.50. The lowest BCUT2D eigenvalue weighted by Crippen LogP contribution is -2.21. The maximum atomic E-state index is 13.1. The van der Waals surface area contributed by atoms with Gasteiger partial charge in [-0.25, -0.2) is 4.39 Å². The Bertz CT molecular complexity index is 549. The molecule has 0 radical (unpaired) electrons. The summed E-state index contributed by atoms with van der Waals surface area (Å²) in [4.78, 5) is 0. The van der Waals surface area contributed by atoms with Crippen LogP contribution in [-0.4, -0.2) is 16.8 Å². The zero-order chi connectivity index (χ0) is 13.3. The molecule has 0 spiro atoms. The molecule has 1 N–H and O–H groups in total. The first-order valence-corrected chi connectivity index (χ1v) is 6.92. The van der Waals surface area contributed by atoms with Crippen LogP contribution in [0, 0.1) is 5.82 Å². The Balaban J connectivity index is 2.52. The van der Waals surface area contributed by atoms with Gasteiger partial charge in [0, 0.05) is 11.5 Å². The number of aryl methyl sites for hydroxylation is 1. The number of hydrogen-bond donors (Lipinski definition) is 1. The number of hydrogen-bond acceptors (Lipinski definition) is 2. The summed E-state index contributed by atoms with van der Waals surface area (Å²) in [5.41, 5.74) is 1.95. The lowest BCUT2D eigenvalue weighted by Gasteiger charge is -2.19. The Kier molecular flexibility index (Phi) is 4.19. The van der Waals surface area contributed by atoms with Crippen molar-refractivity contribution >= 4 is 31.9 Å². The smallest absolute Gasteiger partial charge is 0.124 e. The quantitative estimate of drug-likeness (QED) is 0.889. The highest BCUT2D eigenvalue weighted by Gasteiger charge is 2.21. The van der Waals surface area contributed by atoms with Gasteiger partial charge in [-0.3, -0.25) is 4.68 Å². The fourth-order valence-electron chi connectivity index (χ4n) is 1.92. The molecule has 1 aromatic heterocycles. The lowest BCUT2D eigenvalue weighted by atomic mass is 10.0. The molecule has 0 aliphatic carbocycles. The Morgan fingerprint density at radius 1 is 1.33 bits per heavy atom. The third-order valence-electron chi connectivity index (χ3n) is 2.77. The zero-order valence-corrected chi connectivity index (χ0v) is 13.1. The Labute approximate surface area is 122 Å². The van der Waals surface area contributed by atoms with Crippen LogP contribution >= 0.6 is 31.9 Å². The van der Waals surface area contributed by atoms with Crippen molar-refractivity contribution in [3.05, 3.63) is 50.4 Å². The number of aromatic nitrogens is 2. The standard InChI is InChI=1S/C12H12Br2FN3/c1-16-11(12-10(14)6-17-18(12)2)8-4-3-7(15)5-9(8)13/h3-6,11,16H,1-2H3. The molecular weight excluding hydrogens is 365 g/mol. The molecule has 1 heterocycles. The minimum atomic E-state index is -0.260. The average molecular weight is 377 g/mol. The molecule has 1 atom stereocenters. The van der Waals surface area contributed by atoms with E-state index >= 15 is 0 Å². The van der Waals surface area contributed by atoms with E-state index in [1.54, 1.807) is 16.9 Å². The van der Waals surface area contributed by atoms with Gasteiger partial charge in [0.15, 0.2) is 0 Å². The summed E-state index contributed by atoms with van der Waals surface area (Å²) in [5, 5.41) is 7.42. The highest BCUT2D eigenvalue weighted by Crippen LogP contribution is 2.32. The van der Waals surface area contributed by atoms with Gasteiger partial charge in [-0.05, 0) is 40.7 Å². The Morgan fingerprint density at radius 2 is 2.06 bits per heavy atom. The molecule has 0 saturated carbocycles. The zero-order valence-electron chi connectivity index (χ0n) is 9.92. The molecule has 0 saturated heterocycles. The van der Waals surface area contributed by atoms with Crippen LogP contribution in [0.5, 0.6) is 0 Å². The van der Waals surface area contributed by atoms with Crippen molar-refractivity contribution in [1.29, 1.82) is 0 Å². The van der Waals surface area contributed by atoms with Crippen molar-refractivity contribution < 1.29 is 4.39 Å². The van der Waals surface area contributed by atoms with Crippen LogP contribution in [0.3, 0.4) is 0 Å². The van der Waals surface area contributed by atoms with Gasteiger partial charge in [0.2, 0.25) is 0 Å². The summed E-state index contributed by atoms with van der Waals surface area (Å²) in [6, 6.07) is 4.61. The lowest BCUT2D eigenvalue weighted by molar-refractivity contribution is 0.595. The van der Waals surface area contributed by atoms with E-state index < -0.39 is 0 Å². The molecular formula is C12H12Br2FN3. The monoisotopic (exact) mass is 375 g/mol. The normalized spacial score (nSPS) is 12.7. The van der Waals surface area contributed by atoms with E-state index in [2.05, 4.69) is 42.3 Å². The van der Waals surface area contributed by atoms with Crippen molar-refractivity contribution in [2.45, 2.75) is 6.04 Å². The number of halogens is 3. The minimum Gasteiger partial charge on any atom is -0.308 e. The minimum absolute atomic E-state index is 0.0677. The van der Waals surface area contributed by atoms with E-state index in [4.69, 9.17) is 0 Å². The predicted octanol–water partition coefficient (Wildman–Crippen LogP) is 3.39. The van der Waals surface area contributed by atoms with Gasteiger partial charge in [0.1, 0.15) is 5.82 Å². The molecule has 0 bridgehead atoms. The predicted molar refractivity (Wildman–Crippen MR) is 75.9 cm³/mol. The molecule has 0 aliphatic heterocycles. The third-order valence-corrected chi connectivity index (χ3v) is 4.07. The van der Waals surface area contributed by atoms with E-state index in [0.717, 1.165) is 20.2 Å². The van der Waals surface area contributed by atoms with E-state index in [0.29, 0.717) is 0 Å². The molecule has 96 valence electrons. The summed E-state index contributed by atoms with van der Waals surface area (Å²) in [6.45, 7) is 0. The number of rotatable bonds is 3. The maximum absolute atomic E-state index is 13.1. The van der Waals surface area contributed by atoms with Gasteiger partial charge in [0.25, 0.3) is 0 Å². The summed E-state index contributed by atoms with van der Waals surface area (Å²) in [7, 11) is 3.74. The van der Waals surface area contributed by atoms with Crippen LogP contribution in [0.1, 0.15) is 17.3 Å². The Morgan fingerprint density at radius 3 is 2.56 bits per heavy atom. The largest absolute Gasteiger partial charge is 0.308 e. The van der Waals surface area contributed by atoms with Crippen LogP contribution < -0.4 is 5.32 Å². The number of nitrogens with one attached hydrogen (secondary N) is 1. The fourth-order valence-corrected chi connectivity index (χ4v) is 3.08. The van der Waals surface area contributed by atoms with Crippen molar-refractivity contribution in [1.82, 2.24) is 15.1 Å². The summed E-state index contributed by atoms with van der Waals surface area (Å²) < 4.78 is 16.6. The molecule has 0 amide bonds. The maximum Gasteiger partial charge on any atom is 0.124 e. The van der Waals surface area contributed by atoms with Crippen LogP contribution in [0.4, 0.5) is 4.39 Å². The van der Waals surface area contributed by atoms with E-state index in [1.807, 2.05) is 14.1 Å². The van der Waals surface area contributed by atoms with Crippen molar-refractivity contribution in [2.24, 2.45) is 7.05 Å². The fraction of sp³-hybridized carbons (Fsp3) is 0.250. The van der Waals surface area contributed by atoms with Crippen LogP contribution in [-0.2, 0) is 7.05 Å². The van der Waals surface area contributed by atoms with Gasteiger partial charge >= 0.3 is 0 Å². The highest BCUT2D eigenvalue weighted by atomic mass is 79.9. The van der Waals surface area contributed by atoms with Crippen LogP contribution in [0.15, 0.2) is 33.3 Å². The van der Waals surface area contributed by atoms with Crippen LogP contribution in [0.25, 0.3) is 0 Å². The van der Waals surface area contributed by atoms with Gasteiger partial charge in [0.05, 0.1) is 22.4 Å². The van der Waals surface area contributed by atoms with E-state index in [1.165, 1.54) is 12.1 Å². The van der Waals surface area contributed by atoms with Gasteiger partial charge < -0.3 is 5.32 Å². The van der Waals surface area contributed by atoms with Crippen molar-refractivity contribution in [3.63, 3.8) is 0 Å². The van der Waals surface area contributed by atoms with E-state index in [-0.39, 0.29) is 11.9 Å². The van der Waals surface area contributed by atoms with Crippen molar-refractivity contribution in [3.8, 4) is 0 Å². The number of benzene rings is 1. The topological polar surface area (TPSA) is 29.9 Å². The summed E-state index contributed by atoms with van der Waals surface area (Å²) in [6.07, 6.45) is 1.75. The average Bonchev–Trinajstić information content (AvgIpc) is 2.64. The van der Waals surface area contributed by atoms with Gasteiger partial charge in [-0.2, -0.15) is 5.10 Å². The first kappa shape index (κ1) is 13.7. The summed E-state index contributed by atoms with van der Waals surface area (Å²) >= 11 is 6.88. The highest BCUT2D eigenvalue weighted by molar-refractivity contribution is 9.10. The first-order valence-electron chi connectivity index (χ1n) is 5.34. The van der Waals surface area contributed by atoms with Gasteiger partial charge in [-0.1, -0.05) is 22.0 Å². The molecule has 1 unspecified atom stereocenters. The van der Waals surface area contributed by atoms with Crippen molar-refractivity contribution in [2.75, 3.05) is 7.05 Å². The SMILES string of the molecule is CNC(c1ccc(F)cc1Br)c1c(Br)cnn1C. The van der Waals surface area contributed by atoms with E-state index in [9.17, 15) is 4.39 Å². The number of nitrogens with zero attached hydrogens (tertiary/aromatic N) is 2. The Hall–Kier alpha value is -0.720. The van der Waals surface area contributed by atoms with Gasteiger partial charge in [-0.15, -0.1) is 0 Å². The molecule has 3 nitrogen and oxygen atoms in total. The molecule has 0 aliphatic rings. The molecule has 2 rings (SSSR count). The molecule has 6 heteroatoms.